The van der Waals surface area contributed by atoms with Gasteiger partial charge in [-0.25, -0.2) is 4.98 Å². The first-order valence-electron chi connectivity index (χ1n) is 10.5. The molecule has 3 rings (SSSR count). The minimum atomic E-state index is 0.473. The molecular formula is C25H29N3O2. The van der Waals surface area contributed by atoms with Gasteiger partial charge in [0.05, 0.1) is 29.8 Å². The number of rotatable bonds is 9. The van der Waals surface area contributed by atoms with E-state index in [-0.39, 0.29) is 0 Å². The van der Waals surface area contributed by atoms with Crippen LogP contribution in [-0.2, 0) is 0 Å². The predicted octanol–water partition coefficient (Wildman–Crippen LogP) is 6.21. The number of H-pyrrole nitrogens is 1. The van der Waals surface area contributed by atoms with Gasteiger partial charge in [0, 0.05) is 0 Å². The van der Waals surface area contributed by atoms with Gasteiger partial charge in [0.15, 0.2) is 11.5 Å². The Balaban J connectivity index is 1.89. The highest BCUT2D eigenvalue weighted by Gasteiger charge is 2.11. The van der Waals surface area contributed by atoms with Crippen LogP contribution in [0.5, 0.6) is 11.5 Å². The van der Waals surface area contributed by atoms with Gasteiger partial charge in [-0.2, -0.15) is 5.26 Å². The number of nitrogens with one attached hydrogen (secondary N) is 1. The number of imidazole rings is 1. The summed E-state index contributed by atoms with van der Waals surface area (Å²) in [5.74, 6) is 1.99. The second-order valence-electron chi connectivity index (χ2n) is 7.40. The van der Waals surface area contributed by atoms with Gasteiger partial charge < -0.3 is 14.5 Å². The van der Waals surface area contributed by atoms with Crippen LogP contribution in [0.25, 0.3) is 22.7 Å². The third kappa shape index (κ3) is 5.01. The Morgan fingerprint density at radius 2 is 1.87 bits per heavy atom. The fourth-order valence-electron chi connectivity index (χ4n) is 3.25. The zero-order valence-corrected chi connectivity index (χ0v) is 18.2. The molecule has 0 fully saturated rings. The maximum atomic E-state index is 9.73. The number of ether oxygens (including phenoxy) is 2. The molecule has 1 heterocycles. The molecule has 0 aliphatic rings. The lowest BCUT2D eigenvalue weighted by Gasteiger charge is -2.12. The van der Waals surface area contributed by atoms with E-state index in [1.165, 1.54) is 11.1 Å². The Labute approximate surface area is 178 Å². The number of nitriles is 1. The molecule has 0 aliphatic carbocycles. The second kappa shape index (κ2) is 9.98. The Morgan fingerprint density at radius 1 is 1.07 bits per heavy atom. The number of aromatic amines is 1. The van der Waals surface area contributed by atoms with Gasteiger partial charge in [-0.05, 0) is 74.2 Å². The van der Waals surface area contributed by atoms with E-state index in [1.807, 2.05) is 37.3 Å². The zero-order valence-electron chi connectivity index (χ0n) is 18.2. The monoisotopic (exact) mass is 403 g/mol. The summed E-state index contributed by atoms with van der Waals surface area (Å²) in [5, 5.41) is 9.73. The first kappa shape index (κ1) is 21.4. The minimum Gasteiger partial charge on any atom is -0.490 e. The molecule has 1 N–H and O–H groups in total. The van der Waals surface area contributed by atoms with Crippen LogP contribution < -0.4 is 9.47 Å². The van der Waals surface area contributed by atoms with Crippen LogP contribution >= 0.6 is 0 Å². The number of hydrogen-bond acceptors (Lipinski definition) is 4. The molecule has 0 atom stereocenters. The number of fused-ring (bicyclic) bond motifs is 1. The normalized spacial score (nSPS) is 11.5. The van der Waals surface area contributed by atoms with Crippen molar-refractivity contribution in [2.45, 2.75) is 47.0 Å². The number of unbranched alkanes of at least 4 members (excludes halogenated alkanes) is 2. The first-order valence-corrected chi connectivity index (χ1v) is 10.5. The molecule has 2 aromatic carbocycles. The molecule has 0 saturated heterocycles. The molecule has 0 saturated carbocycles. The van der Waals surface area contributed by atoms with Crippen LogP contribution in [-0.4, -0.2) is 23.2 Å². The Hall–Kier alpha value is -3.26. The minimum absolute atomic E-state index is 0.473. The highest BCUT2D eigenvalue weighted by Crippen LogP contribution is 2.30. The van der Waals surface area contributed by atoms with E-state index in [0.29, 0.717) is 30.4 Å². The van der Waals surface area contributed by atoms with Crippen LogP contribution in [0.2, 0.25) is 0 Å². The predicted molar refractivity (Wildman–Crippen MR) is 122 cm³/mol. The molecule has 156 valence electrons. The van der Waals surface area contributed by atoms with Crippen LogP contribution in [0.4, 0.5) is 0 Å². The fourth-order valence-corrected chi connectivity index (χ4v) is 3.25. The summed E-state index contributed by atoms with van der Waals surface area (Å²) in [6, 6.07) is 12.1. The molecule has 1 aromatic heterocycles. The molecular weight excluding hydrogens is 374 g/mol. The summed E-state index contributed by atoms with van der Waals surface area (Å²) >= 11 is 0. The maximum Gasteiger partial charge on any atom is 0.161 e. The molecule has 0 aliphatic heterocycles. The van der Waals surface area contributed by atoms with Crippen molar-refractivity contribution in [2.75, 3.05) is 13.2 Å². The molecule has 0 bridgehead atoms. The van der Waals surface area contributed by atoms with Crippen molar-refractivity contribution in [1.82, 2.24) is 9.97 Å². The molecule has 0 unspecified atom stereocenters. The third-order valence-corrected chi connectivity index (χ3v) is 5.06. The van der Waals surface area contributed by atoms with Gasteiger partial charge >= 0.3 is 0 Å². The molecule has 5 heteroatoms. The fraction of sp³-hybridized carbons (Fsp3) is 0.360. The van der Waals surface area contributed by atoms with Crippen molar-refractivity contribution >= 4 is 22.7 Å². The second-order valence-corrected chi connectivity index (χ2v) is 7.40. The molecule has 5 nitrogen and oxygen atoms in total. The smallest absolute Gasteiger partial charge is 0.161 e. The topological polar surface area (TPSA) is 70.9 Å². The highest BCUT2D eigenvalue weighted by molar-refractivity contribution is 5.90. The standard InChI is InChI=1S/C25H29N3O2/c1-5-7-8-11-30-23-10-9-19(15-24(23)29-6-2)14-20(16-26)25-27-21-12-17(3)18(4)13-22(21)28-25/h9-10,12-15H,5-8,11H2,1-4H3,(H,27,28)/b20-14-. The summed E-state index contributed by atoms with van der Waals surface area (Å²) in [6.45, 7) is 9.46. The van der Waals surface area contributed by atoms with Crippen molar-refractivity contribution < 1.29 is 9.47 Å². The molecule has 30 heavy (non-hydrogen) atoms. The van der Waals surface area contributed by atoms with Gasteiger partial charge in [0.1, 0.15) is 11.9 Å². The largest absolute Gasteiger partial charge is 0.490 e. The summed E-state index contributed by atoms with van der Waals surface area (Å²) in [4.78, 5) is 7.88. The average molecular weight is 404 g/mol. The quantitative estimate of drug-likeness (QED) is 0.340. The van der Waals surface area contributed by atoms with E-state index >= 15 is 0 Å². The van der Waals surface area contributed by atoms with E-state index < -0.39 is 0 Å². The summed E-state index contributed by atoms with van der Waals surface area (Å²) in [5.41, 5.74) is 5.50. The molecule has 0 spiro atoms. The number of nitrogens with zero attached hydrogens (tertiary/aromatic N) is 2. The van der Waals surface area contributed by atoms with E-state index in [0.717, 1.165) is 41.6 Å². The van der Waals surface area contributed by atoms with Gasteiger partial charge in [-0.1, -0.05) is 25.8 Å². The summed E-state index contributed by atoms with van der Waals surface area (Å²) in [7, 11) is 0. The number of benzene rings is 2. The Kier molecular flexibility index (Phi) is 7.13. The molecule has 3 aromatic rings. The number of allylic oxidation sites excluding steroid dienone is 1. The lowest BCUT2D eigenvalue weighted by Crippen LogP contribution is -2.01. The molecule has 0 amide bonds. The van der Waals surface area contributed by atoms with Crippen LogP contribution in [0, 0.1) is 25.2 Å². The van der Waals surface area contributed by atoms with Crippen molar-refractivity contribution in [1.29, 1.82) is 5.26 Å². The van der Waals surface area contributed by atoms with Crippen LogP contribution in [0.1, 0.15) is 55.6 Å². The summed E-state index contributed by atoms with van der Waals surface area (Å²) in [6.07, 6.45) is 5.14. The number of aromatic nitrogens is 2. The SMILES string of the molecule is CCCCCOc1ccc(/C=C(/C#N)c2nc3cc(C)c(C)cc3[nH]2)cc1OCC. The lowest BCUT2D eigenvalue weighted by molar-refractivity contribution is 0.271. The number of aryl methyl sites for hydroxylation is 2. The summed E-state index contributed by atoms with van der Waals surface area (Å²) < 4.78 is 11.7. The van der Waals surface area contributed by atoms with E-state index in [9.17, 15) is 5.26 Å². The van der Waals surface area contributed by atoms with Crippen molar-refractivity contribution in [3.05, 3.63) is 52.8 Å². The maximum absolute atomic E-state index is 9.73. The van der Waals surface area contributed by atoms with Gasteiger partial charge in [-0.15, -0.1) is 0 Å². The Morgan fingerprint density at radius 3 is 2.60 bits per heavy atom. The van der Waals surface area contributed by atoms with Gasteiger partial charge in [0.25, 0.3) is 0 Å². The van der Waals surface area contributed by atoms with Crippen LogP contribution in [0.3, 0.4) is 0 Å². The third-order valence-electron chi connectivity index (χ3n) is 5.06. The van der Waals surface area contributed by atoms with Crippen molar-refractivity contribution in [3.8, 4) is 17.6 Å². The molecule has 0 radical (unpaired) electrons. The average Bonchev–Trinajstić information content (AvgIpc) is 3.13. The zero-order chi connectivity index (χ0) is 21.5. The highest BCUT2D eigenvalue weighted by atomic mass is 16.5. The van der Waals surface area contributed by atoms with Crippen molar-refractivity contribution in [2.24, 2.45) is 0 Å². The van der Waals surface area contributed by atoms with E-state index in [2.05, 4.69) is 42.9 Å². The van der Waals surface area contributed by atoms with Gasteiger partial charge in [0.2, 0.25) is 0 Å². The van der Waals surface area contributed by atoms with E-state index in [1.54, 1.807) is 0 Å². The van der Waals surface area contributed by atoms with Crippen molar-refractivity contribution in [3.63, 3.8) is 0 Å². The van der Waals surface area contributed by atoms with E-state index in [4.69, 9.17) is 9.47 Å². The Bertz CT molecular complexity index is 1050. The van der Waals surface area contributed by atoms with Crippen LogP contribution in [0.15, 0.2) is 30.3 Å². The van der Waals surface area contributed by atoms with Gasteiger partial charge in [-0.3, -0.25) is 0 Å². The number of hydrogen-bond donors (Lipinski definition) is 1. The lowest BCUT2D eigenvalue weighted by atomic mass is 10.1. The first-order chi connectivity index (χ1) is 14.5.